The van der Waals surface area contributed by atoms with Gasteiger partial charge in [0.25, 0.3) is 0 Å². The number of carbonyl (C=O) groups is 2. The van der Waals surface area contributed by atoms with Crippen molar-refractivity contribution in [3.05, 3.63) is 90.8 Å². The third-order valence-corrected chi connectivity index (χ3v) is 5.39. The van der Waals surface area contributed by atoms with Crippen LogP contribution < -0.4 is 15.5 Å². The van der Waals surface area contributed by atoms with Gasteiger partial charge in [0.05, 0.1) is 5.92 Å². The lowest BCUT2D eigenvalue weighted by molar-refractivity contribution is -0.117. The molecule has 2 heterocycles. The number of benzene rings is 3. The van der Waals surface area contributed by atoms with Crippen LogP contribution in [0.15, 0.2) is 89.5 Å². The van der Waals surface area contributed by atoms with E-state index in [9.17, 15) is 9.59 Å². The van der Waals surface area contributed by atoms with Crippen LogP contribution in [-0.2, 0) is 4.79 Å². The molecule has 164 valence electrons. The van der Waals surface area contributed by atoms with Crippen molar-refractivity contribution in [3.63, 3.8) is 0 Å². The number of anilines is 3. The van der Waals surface area contributed by atoms with Crippen LogP contribution in [0.25, 0.3) is 11.4 Å². The van der Waals surface area contributed by atoms with Crippen LogP contribution in [0.4, 0.5) is 21.9 Å². The van der Waals surface area contributed by atoms with Crippen LogP contribution in [0, 0.1) is 0 Å². The van der Waals surface area contributed by atoms with Gasteiger partial charge in [0, 0.05) is 35.6 Å². The van der Waals surface area contributed by atoms with E-state index in [4.69, 9.17) is 4.52 Å². The molecular formula is C25H21N5O3. The quantitative estimate of drug-likeness (QED) is 0.461. The van der Waals surface area contributed by atoms with Crippen molar-refractivity contribution in [3.8, 4) is 11.4 Å². The molecule has 1 fully saturated rings. The van der Waals surface area contributed by atoms with Gasteiger partial charge in [-0.3, -0.25) is 4.79 Å². The van der Waals surface area contributed by atoms with Crippen molar-refractivity contribution >= 4 is 29.0 Å². The number of hydrogen-bond donors (Lipinski definition) is 2. The first-order valence-electron chi connectivity index (χ1n) is 10.6. The number of urea groups is 1. The van der Waals surface area contributed by atoms with Gasteiger partial charge >= 0.3 is 6.03 Å². The van der Waals surface area contributed by atoms with Crippen LogP contribution in [0.5, 0.6) is 0 Å². The van der Waals surface area contributed by atoms with Crippen molar-refractivity contribution in [1.82, 2.24) is 10.1 Å². The van der Waals surface area contributed by atoms with Crippen molar-refractivity contribution in [2.75, 3.05) is 22.1 Å². The summed E-state index contributed by atoms with van der Waals surface area (Å²) in [5.74, 6) is 0.693. The molecule has 8 nitrogen and oxygen atoms in total. The van der Waals surface area contributed by atoms with Crippen LogP contribution in [0.1, 0.15) is 18.2 Å². The van der Waals surface area contributed by atoms with E-state index in [2.05, 4.69) is 20.8 Å². The predicted molar refractivity (Wildman–Crippen MR) is 125 cm³/mol. The Morgan fingerprint density at radius 2 is 1.61 bits per heavy atom. The molecule has 0 bridgehead atoms. The molecule has 0 saturated carbocycles. The van der Waals surface area contributed by atoms with Crippen molar-refractivity contribution < 1.29 is 14.1 Å². The first-order valence-corrected chi connectivity index (χ1v) is 10.6. The Hall–Kier alpha value is -4.46. The lowest BCUT2D eigenvalue weighted by Crippen LogP contribution is -2.24. The maximum absolute atomic E-state index is 12.5. The fourth-order valence-corrected chi connectivity index (χ4v) is 3.80. The second-order valence-corrected chi connectivity index (χ2v) is 7.72. The summed E-state index contributed by atoms with van der Waals surface area (Å²) in [6, 6.07) is 25.6. The van der Waals surface area contributed by atoms with Gasteiger partial charge in [-0.15, -0.1) is 0 Å². The average Bonchev–Trinajstić information content (AvgIpc) is 3.47. The molecule has 1 aromatic heterocycles. The number of hydrogen-bond acceptors (Lipinski definition) is 5. The zero-order valence-corrected chi connectivity index (χ0v) is 17.6. The largest absolute Gasteiger partial charge is 0.339 e. The van der Waals surface area contributed by atoms with E-state index < -0.39 is 0 Å². The van der Waals surface area contributed by atoms with Gasteiger partial charge in [0.15, 0.2) is 0 Å². The Labute approximate surface area is 190 Å². The normalized spacial score (nSPS) is 15.5. The maximum atomic E-state index is 12.5. The highest BCUT2D eigenvalue weighted by atomic mass is 16.5. The molecule has 33 heavy (non-hydrogen) atoms. The van der Waals surface area contributed by atoms with E-state index in [1.54, 1.807) is 23.1 Å². The van der Waals surface area contributed by atoms with Gasteiger partial charge < -0.3 is 20.1 Å². The van der Waals surface area contributed by atoms with Crippen LogP contribution >= 0.6 is 0 Å². The SMILES string of the molecule is O=C(Nc1ccccc1)Nc1cccc(-c2noc(C3CC(=O)N(c4ccccc4)C3)n2)c1. The third kappa shape index (κ3) is 4.59. The molecular weight excluding hydrogens is 418 g/mol. The molecule has 2 N–H and O–H groups in total. The molecule has 1 aliphatic rings. The summed E-state index contributed by atoms with van der Waals surface area (Å²) in [4.78, 5) is 31.0. The Kier molecular flexibility index (Phi) is 5.55. The molecule has 0 aliphatic carbocycles. The molecule has 1 aliphatic heterocycles. The number of rotatable bonds is 5. The predicted octanol–water partition coefficient (Wildman–Crippen LogP) is 4.90. The van der Waals surface area contributed by atoms with E-state index in [1.165, 1.54) is 0 Å². The summed E-state index contributed by atoms with van der Waals surface area (Å²) in [6.07, 6.45) is 0.317. The minimum atomic E-state index is -0.349. The Bertz CT molecular complexity index is 1270. The highest BCUT2D eigenvalue weighted by molar-refractivity contribution is 6.00. The molecule has 3 amide bonds. The lowest BCUT2D eigenvalue weighted by atomic mass is 10.1. The molecule has 0 radical (unpaired) electrons. The summed E-state index contributed by atoms with van der Waals surface area (Å²) in [5.41, 5.74) is 2.85. The zero-order valence-electron chi connectivity index (χ0n) is 17.6. The van der Waals surface area contributed by atoms with E-state index in [0.717, 1.165) is 5.69 Å². The Morgan fingerprint density at radius 1 is 0.909 bits per heavy atom. The zero-order chi connectivity index (χ0) is 22.6. The monoisotopic (exact) mass is 439 g/mol. The van der Waals surface area contributed by atoms with Crippen LogP contribution in [-0.4, -0.2) is 28.6 Å². The maximum Gasteiger partial charge on any atom is 0.323 e. The van der Waals surface area contributed by atoms with Crippen molar-refractivity contribution in [2.24, 2.45) is 0 Å². The summed E-state index contributed by atoms with van der Waals surface area (Å²) < 4.78 is 5.50. The van der Waals surface area contributed by atoms with Gasteiger partial charge in [0.2, 0.25) is 17.6 Å². The number of aromatic nitrogens is 2. The number of para-hydroxylation sites is 2. The van der Waals surface area contributed by atoms with E-state index >= 15 is 0 Å². The van der Waals surface area contributed by atoms with Crippen LogP contribution in [0.3, 0.4) is 0 Å². The second-order valence-electron chi connectivity index (χ2n) is 7.72. The number of nitrogens with one attached hydrogen (secondary N) is 2. The van der Waals surface area contributed by atoms with Crippen molar-refractivity contribution in [2.45, 2.75) is 12.3 Å². The molecule has 1 unspecified atom stereocenters. The molecule has 1 atom stereocenters. The average molecular weight is 439 g/mol. The molecule has 3 aromatic carbocycles. The Morgan fingerprint density at radius 3 is 2.39 bits per heavy atom. The van der Waals surface area contributed by atoms with Crippen LogP contribution in [0.2, 0.25) is 0 Å². The number of carbonyl (C=O) groups excluding carboxylic acids is 2. The van der Waals surface area contributed by atoms with Gasteiger partial charge in [-0.2, -0.15) is 4.98 Å². The smallest absolute Gasteiger partial charge is 0.323 e. The highest BCUT2D eigenvalue weighted by Crippen LogP contribution is 2.32. The first kappa shape index (κ1) is 20.4. The summed E-state index contributed by atoms with van der Waals surface area (Å²) in [7, 11) is 0. The second kappa shape index (κ2) is 8.96. The molecule has 0 spiro atoms. The number of nitrogens with zero attached hydrogens (tertiary/aromatic N) is 3. The highest BCUT2D eigenvalue weighted by Gasteiger charge is 2.35. The minimum Gasteiger partial charge on any atom is -0.339 e. The summed E-state index contributed by atoms with van der Waals surface area (Å²) in [6.45, 7) is 0.492. The molecule has 8 heteroatoms. The van der Waals surface area contributed by atoms with E-state index in [0.29, 0.717) is 41.6 Å². The topological polar surface area (TPSA) is 100 Å². The van der Waals surface area contributed by atoms with Gasteiger partial charge in [-0.25, -0.2) is 4.79 Å². The Balaban J connectivity index is 1.27. The number of amides is 3. The van der Waals surface area contributed by atoms with Crippen molar-refractivity contribution in [1.29, 1.82) is 0 Å². The molecule has 5 rings (SSSR count). The summed E-state index contributed by atoms with van der Waals surface area (Å²) in [5, 5.41) is 9.68. The third-order valence-electron chi connectivity index (χ3n) is 5.39. The van der Waals surface area contributed by atoms with Gasteiger partial charge in [-0.05, 0) is 36.4 Å². The fourth-order valence-electron chi connectivity index (χ4n) is 3.80. The summed E-state index contributed by atoms with van der Waals surface area (Å²) >= 11 is 0. The standard InChI is InChI=1S/C25H21N5O3/c31-22-15-18(16-30(22)21-12-5-2-6-13-21)24-28-23(29-33-24)17-8-7-11-20(14-17)27-25(32)26-19-9-3-1-4-10-19/h1-14,18H,15-16H2,(H2,26,27,32). The fraction of sp³-hybridized carbons (Fsp3) is 0.120. The lowest BCUT2D eigenvalue weighted by Gasteiger charge is -2.15. The molecule has 4 aromatic rings. The minimum absolute atomic E-state index is 0.0292. The van der Waals surface area contributed by atoms with E-state index in [-0.39, 0.29) is 17.9 Å². The first-order chi connectivity index (χ1) is 16.2. The van der Waals surface area contributed by atoms with E-state index in [1.807, 2.05) is 66.7 Å². The molecule has 1 saturated heterocycles. The van der Waals surface area contributed by atoms with Gasteiger partial charge in [-0.1, -0.05) is 53.7 Å². The van der Waals surface area contributed by atoms with Gasteiger partial charge in [0.1, 0.15) is 0 Å².